The van der Waals surface area contributed by atoms with Crippen molar-refractivity contribution >= 4 is 5.70 Å². The Morgan fingerprint density at radius 1 is 1.19 bits per heavy atom. The predicted octanol–water partition coefficient (Wildman–Crippen LogP) is 4.21. The lowest BCUT2D eigenvalue weighted by Crippen LogP contribution is -2.16. The van der Waals surface area contributed by atoms with Gasteiger partial charge in [0.2, 0.25) is 0 Å². The molecule has 0 atom stereocenters. The van der Waals surface area contributed by atoms with Gasteiger partial charge in [0.15, 0.2) is 0 Å². The maximum absolute atomic E-state index is 7.62. The summed E-state index contributed by atoms with van der Waals surface area (Å²) in [5.41, 5.74) is 2.78. The predicted molar refractivity (Wildman–Crippen MR) is 73.3 cm³/mol. The zero-order chi connectivity index (χ0) is 13.1. The van der Waals surface area contributed by atoms with E-state index in [0.717, 1.165) is 5.70 Å². The number of aromatic nitrogens is 1. The van der Waals surface area contributed by atoms with Gasteiger partial charge in [0.05, 0.1) is 0 Å². The van der Waals surface area contributed by atoms with E-state index in [0.29, 0.717) is 5.49 Å². The zero-order valence-corrected chi connectivity index (χ0v) is 11.8. The van der Waals surface area contributed by atoms with Crippen LogP contribution in [0, 0.1) is 12.3 Å². The van der Waals surface area contributed by atoms with Crippen molar-refractivity contribution in [2.75, 3.05) is 0 Å². The van der Waals surface area contributed by atoms with Gasteiger partial charge in [-0.15, -0.1) is 0 Å². The van der Waals surface area contributed by atoms with Crippen LogP contribution >= 0.6 is 0 Å². The highest BCUT2D eigenvalue weighted by Crippen LogP contribution is 2.00. The second kappa shape index (κ2) is 10.2. The number of aryl methyl sites for hydroxylation is 1. The minimum absolute atomic E-state index is 0.524. The number of hydrogen-bond donors (Lipinski definition) is 1. The third-order valence-electron chi connectivity index (χ3n) is 1.89. The van der Waals surface area contributed by atoms with Crippen molar-refractivity contribution in [3.8, 4) is 0 Å². The topological polar surface area (TPSA) is 28.8 Å². The van der Waals surface area contributed by atoms with E-state index in [9.17, 15) is 0 Å². The van der Waals surface area contributed by atoms with Crippen LogP contribution in [0.3, 0.4) is 0 Å². The molecule has 0 amide bonds. The SMILES string of the molecule is C/C=C(\C)n1cc(C)ccc1=N.CC.CC. The van der Waals surface area contributed by atoms with Gasteiger partial charge < -0.3 is 4.57 Å². The fourth-order valence-corrected chi connectivity index (χ4v) is 1.04. The number of hydrogen-bond acceptors (Lipinski definition) is 1. The molecule has 0 aromatic carbocycles. The molecule has 1 N–H and O–H groups in total. The summed E-state index contributed by atoms with van der Waals surface area (Å²) in [6.07, 6.45) is 3.97. The fraction of sp³-hybridized carbons (Fsp3) is 0.500. The maximum Gasteiger partial charge on any atom is 0.129 e. The molecular formula is C14H26N2. The van der Waals surface area contributed by atoms with Crippen molar-refractivity contribution in [1.29, 1.82) is 5.41 Å². The average Bonchev–Trinajstić information content (AvgIpc) is 2.36. The van der Waals surface area contributed by atoms with E-state index in [1.54, 1.807) is 0 Å². The fourth-order valence-electron chi connectivity index (χ4n) is 1.04. The molecule has 1 heterocycles. The first-order valence-electron chi connectivity index (χ1n) is 6.02. The van der Waals surface area contributed by atoms with Crippen LogP contribution in [0.25, 0.3) is 5.70 Å². The Bertz CT molecular complexity index is 359. The van der Waals surface area contributed by atoms with E-state index >= 15 is 0 Å². The smallest absolute Gasteiger partial charge is 0.129 e. The summed E-state index contributed by atoms with van der Waals surface area (Å²) < 4.78 is 1.87. The lowest BCUT2D eigenvalue weighted by molar-refractivity contribution is 0.927. The second-order valence-corrected chi connectivity index (χ2v) is 2.89. The van der Waals surface area contributed by atoms with Gasteiger partial charge in [-0.3, -0.25) is 5.41 Å². The molecule has 16 heavy (non-hydrogen) atoms. The van der Waals surface area contributed by atoms with E-state index in [4.69, 9.17) is 5.41 Å². The van der Waals surface area contributed by atoms with Gasteiger partial charge in [-0.05, 0) is 32.4 Å². The highest BCUT2D eigenvalue weighted by Gasteiger charge is 1.93. The third kappa shape index (κ3) is 5.54. The van der Waals surface area contributed by atoms with Crippen LogP contribution < -0.4 is 5.49 Å². The Hall–Kier alpha value is -1.31. The van der Waals surface area contributed by atoms with E-state index in [2.05, 4.69) is 0 Å². The Balaban J connectivity index is 0. The molecule has 1 rings (SSSR count). The van der Waals surface area contributed by atoms with Crippen LogP contribution in [0.2, 0.25) is 0 Å². The number of pyridine rings is 1. The lowest BCUT2D eigenvalue weighted by Gasteiger charge is -2.06. The van der Waals surface area contributed by atoms with Crippen LogP contribution in [0.15, 0.2) is 24.4 Å². The van der Waals surface area contributed by atoms with Crippen LogP contribution in [0.5, 0.6) is 0 Å². The summed E-state index contributed by atoms with van der Waals surface area (Å²) in [6, 6.07) is 3.75. The Labute approximate surface area is 100 Å². The number of rotatable bonds is 1. The van der Waals surface area contributed by atoms with Gasteiger partial charge in [-0.1, -0.05) is 39.8 Å². The van der Waals surface area contributed by atoms with E-state index < -0.39 is 0 Å². The third-order valence-corrected chi connectivity index (χ3v) is 1.89. The molecule has 0 spiro atoms. The molecule has 2 nitrogen and oxygen atoms in total. The molecule has 92 valence electrons. The van der Waals surface area contributed by atoms with Crippen LogP contribution in [-0.2, 0) is 0 Å². The monoisotopic (exact) mass is 222 g/mol. The summed E-state index contributed by atoms with van der Waals surface area (Å²) >= 11 is 0. The van der Waals surface area contributed by atoms with Gasteiger partial charge in [-0.2, -0.15) is 0 Å². The Morgan fingerprint density at radius 2 is 1.69 bits per heavy atom. The molecule has 1 aromatic rings. The summed E-state index contributed by atoms with van der Waals surface area (Å²) in [6.45, 7) is 14.0. The molecule has 0 saturated heterocycles. The van der Waals surface area contributed by atoms with Gasteiger partial charge in [0.25, 0.3) is 0 Å². The van der Waals surface area contributed by atoms with E-state index in [1.807, 2.05) is 77.4 Å². The van der Waals surface area contributed by atoms with E-state index in [-0.39, 0.29) is 0 Å². The Kier molecular flexibility index (Phi) is 10.9. The summed E-state index contributed by atoms with van der Waals surface area (Å²) in [5, 5.41) is 7.62. The first kappa shape index (κ1) is 17.1. The molecule has 0 fully saturated rings. The van der Waals surface area contributed by atoms with Gasteiger partial charge in [-0.25, -0.2) is 0 Å². The molecule has 0 unspecified atom stereocenters. The maximum atomic E-state index is 7.62. The summed E-state index contributed by atoms with van der Waals surface area (Å²) in [5.74, 6) is 0. The van der Waals surface area contributed by atoms with Crippen molar-refractivity contribution in [2.24, 2.45) is 0 Å². The van der Waals surface area contributed by atoms with Crippen molar-refractivity contribution in [3.05, 3.63) is 35.5 Å². The van der Waals surface area contributed by atoms with E-state index in [1.165, 1.54) is 5.56 Å². The van der Waals surface area contributed by atoms with Crippen molar-refractivity contribution < 1.29 is 0 Å². The first-order chi connectivity index (χ1) is 7.65. The largest absolute Gasteiger partial charge is 0.306 e. The Morgan fingerprint density at radius 3 is 2.12 bits per heavy atom. The highest BCUT2D eigenvalue weighted by molar-refractivity contribution is 5.41. The average molecular weight is 222 g/mol. The quantitative estimate of drug-likeness (QED) is 0.737. The van der Waals surface area contributed by atoms with Crippen LogP contribution in [0.4, 0.5) is 0 Å². The molecule has 0 saturated carbocycles. The van der Waals surface area contributed by atoms with Crippen molar-refractivity contribution in [1.82, 2.24) is 4.57 Å². The second-order valence-electron chi connectivity index (χ2n) is 2.89. The highest BCUT2D eigenvalue weighted by atomic mass is 15.0. The van der Waals surface area contributed by atoms with Crippen molar-refractivity contribution in [2.45, 2.75) is 48.5 Å². The van der Waals surface area contributed by atoms with Gasteiger partial charge >= 0.3 is 0 Å². The van der Waals surface area contributed by atoms with Gasteiger partial charge in [0, 0.05) is 11.9 Å². The molecule has 0 aliphatic rings. The zero-order valence-electron chi connectivity index (χ0n) is 11.8. The number of nitrogens with zero attached hydrogens (tertiary/aromatic N) is 1. The molecule has 0 aliphatic heterocycles. The van der Waals surface area contributed by atoms with Crippen LogP contribution in [-0.4, -0.2) is 4.57 Å². The minimum atomic E-state index is 0.524. The number of allylic oxidation sites excluding steroid dienone is 2. The molecule has 0 bridgehead atoms. The normalized spacial score (nSPS) is 9.56. The molecule has 0 aliphatic carbocycles. The standard InChI is InChI=1S/C10H14N2.2C2H6/c1-4-9(3)12-7-8(2)5-6-10(12)11;2*1-2/h4-7,11H,1-3H3;2*1-2H3/b9-4+,11-10?;;. The molecular weight excluding hydrogens is 196 g/mol. The van der Waals surface area contributed by atoms with Crippen LogP contribution in [0.1, 0.15) is 47.1 Å². The molecule has 2 heteroatoms. The number of nitrogens with one attached hydrogen (secondary N) is 1. The molecule has 0 radical (unpaired) electrons. The lowest BCUT2D eigenvalue weighted by atomic mass is 10.3. The summed E-state index contributed by atoms with van der Waals surface area (Å²) in [4.78, 5) is 0. The summed E-state index contributed by atoms with van der Waals surface area (Å²) in [7, 11) is 0. The first-order valence-corrected chi connectivity index (χ1v) is 6.02. The minimum Gasteiger partial charge on any atom is -0.306 e. The van der Waals surface area contributed by atoms with Gasteiger partial charge in [0.1, 0.15) is 5.49 Å². The molecule has 1 aromatic heterocycles. The van der Waals surface area contributed by atoms with Crippen molar-refractivity contribution in [3.63, 3.8) is 0 Å².